The molecule has 3 heterocycles. The number of hydrogen-bond donors (Lipinski definition) is 0. The number of nitrogens with zero attached hydrogens (tertiary/aromatic N) is 6. The zero-order valence-electron chi connectivity index (χ0n) is 15.4. The van der Waals surface area contributed by atoms with Gasteiger partial charge in [0.25, 0.3) is 5.56 Å². The lowest BCUT2D eigenvalue weighted by molar-refractivity contribution is 0.632. The molecule has 0 amide bonds. The lowest BCUT2D eigenvalue weighted by Gasteiger charge is -2.09. The maximum absolute atomic E-state index is 12.7. The first kappa shape index (κ1) is 17.2. The van der Waals surface area contributed by atoms with Crippen LogP contribution in [0.1, 0.15) is 38.6 Å². The van der Waals surface area contributed by atoms with Gasteiger partial charge in [0.15, 0.2) is 11.2 Å². The Bertz CT molecular complexity index is 1050. The van der Waals surface area contributed by atoms with Gasteiger partial charge in [0.05, 0.1) is 5.69 Å². The summed E-state index contributed by atoms with van der Waals surface area (Å²) in [4.78, 5) is 29.6. The summed E-state index contributed by atoms with van der Waals surface area (Å²) in [5.74, 6) is 0.590. The first-order chi connectivity index (χ1) is 11.9. The molecule has 8 heteroatoms. The molecule has 0 aliphatic rings. The van der Waals surface area contributed by atoms with E-state index in [1.165, 1.54) is 11.6 Å². The summed E-state index contributed by atoms with van der Waals surface area (Å²) in [5, 5.41) is 4.65. The van der Waals surface area contributed by atoms with Crippen molar-refractivity contribution < 1.29 is 0 Å². The summed E-state index contributed by atoms with van der Waals surface area (Å²) in [7, 11) is 3.13. The number of fused-ring (bicyclic) bond motifs is 1. The van der Waals surface area contributed by atoms with Gasteiger partial charge in [0, 0.05) is 26.3 Å². The highest BCUT2D eigenvalue weighted by molar-refractivity contribution is 5.72. The van der Waals surface area contributed by atoms with Crippen LogP contribution in [0, 0.1) is 0 Å². The molecular weight excluding hydrogens is 320 g/mol. The monoisotopic (exact) mass is 344 g/mol. The minimum absolute atomic E-state index is 0.328. The Hall–Kier alpha value is -2.64. The molecule has 134 valence electrons. The van der Waals surface area contributed by atoms with Crippen molar-refractivity contribution in [2.24, 2.45) is 14.1 Å². The summed E-state index contributed by atoms with van der Waals surface area (Å²) in [5.41, 5.74) is 2.14. The van der Waals surface area contributed by atoms with Crippen molar-refractivity contribution in [3.63, 3.8) is 0 Å². The molecule has 0 aliphatic heterocycles. The fourth-order valence-corrected chi connectivity index (χ4v) is 3.10. The van der Waals surface area contributed by atoms with Crippen LogP contribution in [0.2, 0.25) is 0 Å². The average molecular weight is 344 g/mol. The van der Waals surface area contributed by atoms with Crippen LogP contribution >= 0.6 is 0 Å². The van der Waals surface area contributed by atoms with Crippen LogP contribution < -0.4 is 11.2 Å². The number of aromatic nitrogens is 6. The lowest BCUT2D eigenvalue weighted by atomic mass is 10.3. The molecule has 0 saturated heterocycles. The Morgan fingerprint density at radius 2 is 1.76 bits per heavy atom. The van der Waals surface area contributed by atoms with Gasteiger partial charge in [-0.15, -0.1) is 0 Å². The van der Waals surface area contributed by atoms with Crippen LogP contribution in [0.25, 0.3) is 17.1 Å². The molecule has 0 aromatic carbocycles. The van der Waals surface area contributed by atoms with Crippen LogP contribution in [0.15, 0.2) is 15.7 Å². The third-order valence-electron chi connectivity index (χ3n) is 4.52. The van der Waals surface area contributed by atoms with Crippen LogP contribution in [0.5, 0.6) is 0 Å². The maximum atomic E-state index is 12.7. The van der Waals surface area contributed by atoms with Crippen LogP contribution in [-0.4, -0.2) is 28.5 Å². The van der Waals surface area contributed by atoms with E-state index in [-0.39, 0.29) is 11.2 Å². The second kappa shape index (κ2) is 6.34. The van der Waals surface area contributed by atoms with Crippen LogP contribution in [0.4, 0.5) is 0 Å². The Labute approximate surface area is 145 Å². The van der Waals surface area contributed by atoms with E-state index in [4.69, 9.17) is 0 Å². The van der Waals surface area contributed by atoms with Gasteiger partial charge in [-0.25, -0.2) is 9.48 Å². The van der Waals surface area contributed by atoms with Crippen molar-refractivity contribution in [1.29, 1.82) is 0 Å². The number of hydrogen-bond acceptors (Lipinski definition) is 4. The minimum atomic E-state index is -0.379. The fourth-order valence-electron chi connectivity index (χ4n) is 3.10. The Morgan fingerprint density at radius 3 is 2.36 bits per heavy atom. The molecule has 0 N–H and O–H groups in total. The molecule has 25 heavy (non-hydrogen) atoms. The van der Waals surface area contributed by atoms with Gasteiger partial charge in [-0.2, -0.15) is 10.1 Å². The van der Waals surface area contributed by atoms with Gasteiger partial charge in [-0.05, 0) is 25.3 Å². The standard InChI is InChI=1S/C17H24N6O2/c1-6-9-22-13-14(20(4)17(25)21(5)15(13)24)18-16(22)23-12(8-3)10-11(7-2)19-23/h10H,6-9H2,1-5H3. The molecule has 0 radical (unpaired) electrons. The SMILES string of the molecule is CCCn1c(-n2nc(CC)cc2CC)nc2c1c(=O)n(C)c(=O)n2C. The van der Waals surface area contributed by atoms with Gasteiger partial charge in [-0.3, -0.25) is 13.9 Å². The Balaban J connectivity index is 2.44. The highest BCUT2D eigenvalue weighted by Gasteiger charge is 2.21. The van der Waals surface area contributed by atoms with Gasteiger partial charge in [0.2, 0.25) is 5.95 Å². The second-order valence-corrected chi connectivity index (χ2v) is 6.19. The zero-order chi connectivity index (χ0) is 18.3. The normalized spacial score (nSPS) is 11.6. The third kappa shape index (κ3) is 2.52. The summed E-state index contributed by atoms with van der Waals surface area (Å²) in [6, 6.07) is 2.06. The van der Waals surface area contributed by atoms with Gasteiger partial charge in [-0.1, -0.05) is 20.8 Å². The minimum Gasteiger partial charge on any atom is -0.302 e. The van der Waals surface area contributed by atoms with Crippen LogP contribution in [0.3, 0.4) is 0 Å². The van der Waals surface area contributed by atoms with Crippen molar-refractivity contribution in [1.82, 2.24) is 28.5 Å². The quantitative estimate of drug-likeness (QED) is 0.695. The van der Waals surface area contributed by atoms with Crippen molar-refractivity contribution in [3.8, 4) is 5.95 Å². The predicted octanol–water partition coefficient (Wildman–Crippen LogP) is 1.15. The molecule has 3 rings (SSSR count). The van der Waals surface area contributed by atoms with Crippen molar-refractivity contribution in [2.45, 2.75) is 46.6 Å². The van der Waals surface area contributed by atoms with Crippen molar-refractivity contribution in [2.75, 3.05) is 0 Å². The van der Waals surface area contributed by atoms with E-state index < -0.39 is 0 Å². The van der Waals surface area contributed by atoms with E-state index in [1.54, 1.807) is 11.7 Å². The fraction of sp³-hybridized carbons (Fsp3) is 0.529. The van der Waals surface area contributed by atoms with E-state index >= 15 is 0 Å². The first-order valence-corrected chi connectivity index (χ1v) is 8.68. The van der Waals surface area contributed by atoms with Crippen molar-refractivity contribution in [3.05, 3.63) is 38.3 Å². The number of imidazole rings is 1. The molecule has 8 nitrogen and oxygen atoms in total. The topological polar surface area (TPSA) is 79.6 Å². The van der Waals surface area contributed by atoms with Crippen LogP contribution in [-0.2, 0) is 33.5 Å². The molecular formula is C17H24N6O2. The highest BCUT2D eigenvalue weighted by Crippen LogP contribution is 2.18. The summed E-state index contributed by atoms with van der Waals surface area (Å²) in [6.07, 6.45) is 2.47. The Kier molecular flexibility index (Phi) is 4.36. The molecule has 0 spiro atoms. The maximum Gasteiger partial charge on any atom is 0.332 e. The van der Waals surface area contributed by atoms with Crippen molar-refractivity contribution >= 4 is 11.2 Å². The molecule has 0 bridgehead atoms. The van der Waals surface area contributed by atoms with E-state index in [2.05, 4.69) is 30.0 Å². The average Bonchev–Trinajstić information content (AvgIpc) is 3.19. The van der Waals surface area contributed by atoms with Gasteiger partial charge < -0.3 is 4.57 Å². The molecule has 3 aromatic heterocycles. The van der Waals surface area contributed by atoms with E-state index in [0.29, 0.717) is 23.7 Å². The molecule has 0 fully saturated rings. The van der Waals surface area contributed by atoms with Gasteiger partial charge in [0.1, 0.15) is 0 Å². The lowest BCUT2D eigenvalue weighted by Crippen LogP contribution is -2.37. The summed E-state index contributed by atoms with van der Waals surface area (Å²) < 4.78 is 6.23. The molecule has 3 aromatic rings. The first-order valence-electron chi connectivity index (χ1n) is 8.68. The van der Waals surface area contributed by atoms with E-state index in [1.807, 2.05) is 11.5 Å². The molecule has 0 atom stereocenters. The Morgan fingerprint density at radius 1 is 1.04 bits per heavy atom. The number of rotatable bonds is 5. The zero-order valence-corrected chi connectivity index (χ0v) is 15.4. The predicted molar refractivity (Wildman–Crippen MR) is 96.4 cm³/mol. The smallest absolute Gasteiger partial charge is 0.302 e. The molecule has 0 saturated carbocycles. The molecule has 0 unspecified atom stereocenters. The van der Waals surface area contributed by atoms with E-state index in [9.17, 15) is 9.59 Å². The highest BCUT2D eigenvalue weighted by atomic mass is 16.2. The largest absolute Gasteiger partial charge is 0.332 e. The summed E-state index contributed by atoms with van der Waals surface area (Å²) >= 11 is 0. The molecule has 0 aliphatic carbocycles. The second-order valence-electron chi connectivity index (χ2n) is 6.19. The third-order valence-corrected chi connectivity index (χ3v) is 4.52. The summed E-state index contributed by atoms with van der Waals surface area (Å²) in [6.45, 7) is 6.79. The van der Waals surface area contributed by atoms with E-state index in [0.717, 1.165) is 35.2 Å². The van der Waals surface area contributed by atoms with Gasteiger partial charge >= 0.3 is 5.69 Å². The number of aryl methyl sites for hydroxylation is 4.